The van der Waals surface area contributed by atoms with Crippen molar-refractivity contribution in [1.29, 1.82) is 0 Å². The molecule has 14 heavy (non-hydrogen) atoms. The van der Waals surface area contributed by atoms with Crippen LogP contribution < -0.4 is 0 Å². The summed E-state index contributed by atoms with van der Waals surface area (Å²) in [6.45, 7) is 14.4. The van der Waals surface area contributed by atoms with Crippen LogP contribution in [-0.4, -0.2) is 61.8 Å². The molecule has 1 aliphatic heterocycles. The lowest BCUT2D eigenvalue weighted by molar-refractivity contribution is 0.0455. The molecule has 1 aliphatic rings. The highest BCUT2D eigenvalue weighted by Gasteiger charge is 2.14. The molecule has 0 N–H and O–H groups in total. The first kappa shape index (κ1) is 12.0. The van der Waals surface area contributed by atoms with Gasteiger partial charge in [0.1, 0.15) is 0 Å². The van der Waals surface area contributed by atoms with E-state index in [9.17, 15) is 0 Å². The van der Waals surface area contributed by atoms with Crippen molar-refractivity contribution in [3.63, 3.8) is 0 Å². The Hall–Kier alpha value is -0.120. The van der Waals surface area contributed by atoms with E-state index in [1.165, 1.54) is 32.7 Å². The Morgan fingerprint density at radius 3 is 2.14 bits per heavy atom. The molecule has 0 aromatic rings. The van der Waals surface area contributed by atoms with E-state index in [4.69, 9.17) is 4.74 Å². The van der Waals surface area contributed by atoms with E-state index in [2.05, 4.69) is 30.6 Å². The van der Waals surface area contributed by atoms with Crippen molar-refractivity contribution in [1.82, 2.24) is 9.80 Å². The van der Waals surface area contributed by atoms with Gasteiger partial charge in [0, 0.05) is 32.7 Å². The Bertz CT molecular complexity index is 142. The molecule has 0 aliphatic carbocycles. The maximum Gasteiger partial charge on any atom is 0.0596 e. The van der Waals surface area contributed by atoms with Gasteiger partial charge in [-0.1, -0.05) is 6.92 Å². The minimum Gasteiger partial charge on any atom is -0.377 e. The summed E-state index contributed by atoms with van der Waals surface area (Å²) in [5.41, 5.74) is 0. The standard InChI is InChI=1S/C11H24N2O/c1-4-12-5-7-13(8-6-12)9-10-14-11(2)3/h11H,4-10H2,1-3H3. The molecule has 0 aromatic carbocycles. The van der Waals surface area contributed by atoms with Crippen LogP contribution in [0.5, 0.6) is 0 Å². The summed E-state index contributed by atoms with van der Waals surface area (Å²) in [4.78, 5) is 4.99. The molecule has 0 bridgehead atoms. The molecule has 1 saturated heterocycles. The number of rotatable bonds is 5. The zero-order valence-corrected chi connectivity index (χ0v) is 9.83. The fourth-order valence-corrected chi connectivity index (χ4v) is 1.75. The fraction of sp³-hybridized carbons (Fsp3) is 1.00. The van der Waals surface area contributed by atoms with Crippen LogP contribution in [0.3, 0.4) is 0 Å². The van der Waals surface area contributed by atoms with Gasteiger partial charge < -0.3 is 9.64 Å². The molecule has 84 valence electrons. The Kier molecular flexibility index (Phi) is 5.45. The van der Waals surface area contributed by atoms with Gasteiger partial charge in [0.05, 0.1) is 12.7 Å². The van der Waals surface area contributed by atoms with Crippen molar-refractivity contribution in [2.75, 3.05) is 45.9 Å². The summed E-state index contributed by atoms with van der Waals surface area (Å²) in [5.74, 6) is 0. The second-order valence-electron chi connectivity index (χ2n) is 4.20. The highest BCUT2D eigenvalue weighted by molar-refractivity contribution is 4.70. The molecule has 3 nitrogen and oxygen atoms in total. The molecule has 1 rings (SSSR count). The molecule has 0 aromatic heterocycles. The molecular weight excluding hydrogens is 176 g/mol. The van der Waals surface area contributed by atoms with E-state index >= 15 is 0 Å². The predicted octanol–water partition coefficient (Wildman–Crippen LogP) is 1.05. The fourth-order valence-electron chi connectivity index (χ4n) is 1.75. The second kappa shape index (κ2) is 6.38. The number of nitrogens with zero attached hydrogens (tertiary/aromatic N) is 2. The lowest BCUT2D eigenvalue weighted by Gasteiger charge is -2.33. The van der Waals surface area contributed by atoms with E-state index in [-0.39, 0.29) is 0 Å². The van der Waals surface area contributed by atoms with E-state index in [1.54, 1.807) is 0 Å². The van der Waals surface area contributed by atoms with Gasteiger partial charge in [0.25, 0.3) is 0 Å². The number of piperazine rings is 1. The molecule has 3 heteroatoms. The largest absolute Gasteiger partial charge is 0.377 e. The number of hydrogen-bond donors (Lipinski definition) is 0. The molecule has 0 atom stereocenters. The third-order valence-corrected chi connectivity index (χ3v) is 2.77. The van der Waals surface area contributed by atoms with Gasteiger partial charge in [0.15, 0.2) is 0 Å². The lowest BCUT2D eigenvalue weighted by Crippen LogP contribution is -2.47. The van der Waals surface area contributed by atoms with Crippen molar-refractivity contribution in [2.45, 2.75) is 26.9 Å². The van der Waals surface area contributed by atoms with Crippen LogP contribution in [0.15, 0.2) is 0 Å². The first-order chi connectivity index (χ1) is 6.72. The van der Waals surface area contributed by atoms with Crippen LogP contribution in [0, 0.1) is 0 Å². The summed E-state index contributed by atoms with van der Waals surface area (Å²) in [5, 5.41) is 0. The van der Waals surface area contributed by atoms with Gasteiger partial charge in [-0.15, -0.1) is 0 Å². The SMILES string of the molecule is CCN1CCN(CCOC(C)C)CC1. The summed E-state index contributed by atoms with van der Waals surface area (Å²) in [7, 11) is 0. The molecule has 0 saturated carbocycles. The van der Waals surface area contributed by atoms with E-state index < -0.39 is 0 Å². The van der Waals surface area contributed by atoms with Crippen molar-refractivity contribution < 1.29 is 4.74 Å². The van der Waals surface area contributed by atoms with Crippen LogP contribution in [0.4, 0.5) is 0 Å². The first-order valence-corrected chi connectivity index (χ1v) is 5.78. The molecule has 1 heterocycles. The number of ether oxygens (including phenoxy) is 1. The average molecular weight is 200 g/mol. The minimum atomic E-state index is 0.368. The van der Waals surface area contributed by atoms with Crippen LogP contribution in [-0.2, 0) is 4.74 Å². The average Bonchev–Trinajstić information content (AvgIpc) is 2.18. The van der Waals surface area contributed by atoms with Crippen molar-refractivity contribution in [3.05, 3.63) is 0 Å². The first-order valence-electron chi connectivity index (χ1n) is 5.78. The Morgan fingerprint density at radius 1 is 1.07 bits per heavy atom. The van der Waals surface area contributed by atoms with Gasteiger partial charge in [-0.3, -0.25) is 4.90 Å². The molecule has 1 fully saturated rings. The zero-order chi connectivity index (χ0) is 10.4. The number of likely N-dealkylation sites (N-methyl/N-ethyl adjacent to an activating group) is 1. The summed E-state index contributed by atoms with van der Waals surface area (Å²) >= 11 is 0. The minimum absolute atomic E-state index is 0.368. The molecule has 0 spiro atoms. The summed E-state index contributed by atoms with van der Waals surface area (Å²) < 4.78 is 5.54. The van der Waals surface area contributed by atoms with Crippen LogP contribution >= 0.6 is 0 Å². The number of hydrogen-bond acceptors (Lipinski definition) is 3. The highest BCUT2D eigenvalue weighted by atomic mass is 16.5. The van der Waals surface area contributed by atoms with Gasteiger partial charge >= 0.3 is 0 Å². The van der Waals surface area contributed by atoms with E-state index in [0.717, 1.165) is 13.2 Å². The van der Waals surface area contributed by atoms with Crippen molar-refractivity contribution in [2.24, 2.45) is 0 Å². The van der Waals surface area contributed by atoms with Crippen molar-refractivity contribution in [3.8, 4) is 0 Å². The Morgan fingerprint density at radius 2 is 1.64 bits per heavy atom. The maximum absolute atomic E-state index is 5.54. The quantitative estimate of drug-likeness (QED) is 0.660. The monoisotopic (exact) mass is 200 g/mol. The maximum atomic E-state index is 5.54. The highest BCUT2D eigenvalue weighted by Crippen LogP contribution is 2.00. The summed E-state index contributed by atoms with van der Waals surface area (Å²) in [6.07, 6.45) is 0.368. The van der Waals surface area contributed by atoms with Gasteiger partial charge in [-0.2, -0.15) is 0 Å². The third-order valence-electron chi connectivity index (χ3n) is 2.77. The normalized spacial score (nSPS) is 20.6. The second-order valence-corrected chi connectivity index (χ2v) is 4.20. The van der Waals surface area contributed by atoms with Crippen LogP contribution in [0.25, 0.3) is 0 Å². The molecular formula is C11H24N2O. The smallest absolute Gasteiger partial charge is 0.0596 e. The van der Waals surface area contributed by atoms with Crippen LogP contribution in [0.2, 0.25) is 0 Å². The summed E-state index contributed by atoms with van der Waals surface area (Å²) in [6, 6.07) is 0. The predicted molar refractivity (Wildman–Crippen MR) is 59.6 cm³/mol. The van der Waals surface area contributed by atoms with Crippen LogP contribution in [0.1, 0.15) is 20.8 Å². The molecule has 0 unspecified atom stereocenters. The third kappa shape index (κ3) is 4.40. The lowest BCUT2D eigenvalue weighted by atomic mass is 10.3. The Balaban J connectivity index is 2.04. The zero-order valence-electron chi connectivity index (χ0n) is 9.83. The molecule has 0 amide bonds. The van der Waals surface area contributed by atoms with E-state index in [1.807, 2.05) is 0 Å². The molecule has 0 radical (unpaired) electrons. The topological polar surface area (TPSA) is 15.7 Å². The Labute approximate surface area is 88.0 Å². The van der Waals surface area contributed by atoms with Gasteiger partial charge in [-0.25, -0.2) is 0 Å². The van der Waals surface area contributed by atoms with Gasteiger partial charge in [-0.05, 0) is 20.4 Å². The van der Waals surface area contributed by atoms with Crippen molar-refractivity contribution >= 4 is 0 Å². The van der Waals surface area contributed by atoms with E-state index in [0.29, 0.717) is 6.10 Å². The van der Waals surface area contributed by atoms with Gasteiger partial charge in [0.2, 0.25) is 0 Å².